The fourth-order valence-electron chi connectivity index (χ4n) is 3.21. The molecule has 1 aromatic heterocycles. The highest BCUT2D eigenvalue weighted by Crippen LogP contribution is 2.26. The summed E-state index contributed by atoms with van der Waals surface area (Å²) in [5, 5.41) is 18.1. The summed E-state index contributed by atoms with van der Waals surface area (Å²) in [6.07, 6.45) is 0.948. The number of aromatic nitrogens is 4. The van der Waals surface area contributed by atoms with Crippen LogP contribution >= 0.6 is 46.6 Å². The molecule has 0 fully saturated rings. The summed E-state index contributed by atoms with van der Waals surface area (Å²) >= 11 is 20.1. The van der Waals surface area contributed by atoms with Gasteiger partial charge >= 0.3 is 0 Å². The summed E-state index contributed by atoms with van der Waals surface area (Å²) in [5.74, 6) is 1.65. The molecule has 0 spiro atoms. The molecule has 0 radical (unpaired) electrons. The van der Waals surface area contributed by atoms with Crippen LogP contribution in [-0.4, -0.2) is 32.5 Å². The van der Waals surface area contributed by atoms with E-state index in [0.29, 0.717) is 28.2 Å². The number of tetrazole rings is 1. The minimum atomic E-state index is 0.345. The van der Waals surface area contributed by atoms with E-state index in [-0.39, 0.29) is 0 Å². The zero-order chi connectivity index (χ0) is 23.8. The third-order valence-electron chi connectivity index (χ3n) is 4.91. The van der Waals surface area contributed by atoms with E-state index in [1.807, 2.05) is 54.6 Å². The summed E-state index contributed by atoms with van der Waals surface area (Å²) < 4.78 is 7.78. The first-order chi connectivity index (χ1) is 16.6. The molecule has 10 heteroatoms. The number of hydrogen-bond donors (Lipinski definition) is 1. The van der Waals surface area contributed by atoms with E-state index in [4.69, 9.17) is 39.5 Å². The highest BCUT2D eigenvalue weighted by atomic mass is 35.5. The van der Waals surface area contributed by atoms with Crippen LogP contribution in [0.3, 0.4) is 0 Å². The maximum atomic E-state index is 6.26. The van der Waals surface area contributed by atoms with E-state index in [9.17, 15) is 0 Å². The Kier molecular flexibility index (Phi) is 9.07. The average molecular weight is 535 g/mol. The van der Waals surface area contributed by atoms with Gasteiger partial charge in [-0.25, -0.2) is 0 Å². The summed E-state index contributed by atoms with van der Waals surface area (Å²) in [5.41, 5.74) is 2.80. The first-order valence-electron chi connectivity index (χ1n) is 10.6. The van der Waals surface area contributed by atoms with Gasteiger partial charge in [-0.15, -0.1) is 5.10 Å². The van der Waals surface area contributed by atoms with Crippen molar-refractivity contribution in [1.82, 2.24) is 25.5 Å². The highest BCUT2D eigenvalue weighted by Gasteiger charge is 2.10. The maximum absolute atomic E-state index is 6.26. The topological polar surface area (TPSA) is 64.9 Å². The minimum absolute atomic E-state index is 0.345. The number of benzene rings is 3. The van der Waals surface area contributed by atoms with E-state index in [1.165, 1.54) is 0 Å². The summed E-state index contributed by atoms with van der Waals surface area (Å²) in [6, 6.07) is 20.8. The van der Waals surface area contributed by atoms with Crippen LogP contribution in [0.5, 0.6) is 5.75 Å². The molecule has 0 aliphatic heterocycles. The third kappa shape index (κ3) is 6.87. The minimum Gasteiger partial charge on any atom is -0.489 e. The second kappa shape index (κ2) is 12.4. The first-order valence-corrected chi connectivity index (χ1v) is 12.7. The zero-order valence-corrected chi connectivity index (χ0v) is 21.2. The van der Waals surface area contributed by atoms with Crippen molar-refractivity contribution in [3.05, 3.63) is 92.9 Å². The van der Waals surface area contributed by atoms with Crippen molar-refractivity contribution >= 4 is 46.6 Å². The monoisotopic (exact) mass is 533 g/mol. The van der Waals surface area contributed by atoms with Gasteiger partial charge in [0, 0.05) is 38.5 Å². The quantitative estimate of drug-likeness (QED) is 0.176. The average Bonchev–Trinajstić information content (AvgIpc) is 3.31. The van der Waals surface area contributed by atoms with Crippen LogP contribution in [0, 0.1) is 0 Å². The summed E-state index contributed by atoms with van der Waals surface area (Å²) in [7, 11) is 0. The van der Waals surface area contributed by atoms with Crippen molar-refractivity contribution in [3.8, 4) is 11.4 Å². The molecule has 0 aliphatic rings. The predicted molar refractivity (Wildman–Crippen MR) is 138 cm³/mol. The molecule has 0 bridgehead atoms. The van der Waals surface area contributed by atoms with Gasteiger partial charge in [0.25, 0.3) is 0 Å². The number of hydrogen-bond acceptors (Lipinski definition) is 6. The van der Waals surface area contributed by atoms with Gasteiger partial charge in [-0.05, 0) is 65.9 Å². The molecular weight excluding hydrogens is 513 g/mol. The normalized spacial score (nSPS) is 11.0. The SMILES string of the molecule is Clc1ccc(COc2ccc(Cl)cc2CNCCCSc2nnnn2-c2ccccc2)c(Cl)c1. The predicted octanol–water partition coefficient (Wildman–Crippen LogP) is 6.47. The van der Waals surface area contributed by atoms with Crippen LogP contribution in [0.15, 0.2) is 71.9 Å². The molecule has 176 valence electrons. The zero-order valence-electron chi connectivity index (χ0n) is 18.1. The number of ether oxygens (including phenoxy) is 1. The number of thioether (sulfide) groups is 1. The van der Waals surface area contributed by atoms with Gasteiger partial charge in [0.05, 0.1) is 5.69 Å². The second-order valence-electron chi connectivity index (χ2n) is 7.36. The number of rotatable bonds is 11. The maximum Gasteiger partial charge on any atom is 0.214 e. The fraction of sp³-hybridized carbons (Fsp3) is 0.208. The molecule has 0 aliphatic carbocycles. The Morgan fingerprint density at radius 1 is 0.912 bits per heavy atom. The first kappa shape index (κ1) is 24.8. The molecule has 1 N–H and O–H groups in total. The highest BCUT2D eigenvalue weighted by molar-refractivity contribution is 7.99. The van der Waals surface area contributed by atoms with Gasteiger partial charge in [0.2, 0.25) is 5.16 Å². The Morgan fingerprint density at radius 3 is 2.53 bits per heavy atom. The molecule has 34 heavy (non-hydrogen) atoms. The molecule has 0 amide bonds. The van der Waals surface area contributed by atoms with Crippen LogP contribution in [-0.2, 0) is 13.2 Å². The van der Waals surface area contributed by atoms with Gasteiger partial charge in [-0.2, -0.15) is 4.68 Å². The van der Waals surface area contributed by atoms with Crippen LogP contribution in [0.2, 0.25) is 15.1 Å². The van der Waals surface area contributed by atoms with Gasteiger partial charge < -0.3 is 10.1 Å². The molecule has 4 aromatic rings. The Labute approximate surface area is 217 Å². The Morgan fingerprint density at radius 2 is 1.71 bits per heavy atom. The Hall–Kier alpha value is -2.29. The van der Waals surface area contributed by atoms with Gasteiger partial charge in [-0.1, -0.05) is 70.8 Å². The molecule has 1 heterocycles. The van der Waals surface area contributed by atoms with Crippen molar-refractivity contribution in [2.45, 2.75) is 24.7 Å². The Bertz CT molecular complexity index is 1220. The van der Waals surface area contributed by atoms with E-state index in [1.54, 1.807) is 28.6 Å². The fourth-order valence-corrected chi connectivity index (χ4v) is 4.69. The van der Waals surface area contributed by atoms with Crippen LogP contribution in [0.4, 0.5) is 0 Å². The third-order valence-corrected chi connectivity index (χ3v) is 6.73. The van der Waals surface area contributed by atoms with E-state index in [2.05, 4.69) is 20.8 Å². The number of nitrogens with zero attached hydrogens (tertiary/aromatic N) is 4. The molecule has 0 saturated heterocycles. The van der Waals surface area contributed by atoms with Gasteiger partial charge in [0.15, 0.2) is 0 Å². The van der Waals surface area contributed by atoms with E-state index >= 15 is 0 Å². The Balaban J connectivity index is 1.25. The summed E-state index contributed by atoms with van der Waals surface area (Å²) in [4.78, 5) is 0. The molecule has 3 aromatic carbocycles. The van der Waals surface area contributed by atoms with Crippen LogP contribution in [0.25, 0.3) is 5.69 Å². The van der Waals surface area contributed by atoms with Crippen LogP contribution in [0.1, 0.15) is 17.5 Å². The molecular formula is C24H22Cl3N5OS. The molecule has 0 unspecified atom stereocenters. The molecule has 0 atom stereocenters. The van der Waals surface area contributed by atoms with E-state index in [0.717, 1.165) is 46.4 Å². The second-order valence-corrected chi connectivity index (χ2v) is 9.71. The van der Waals surface area contributed by atoms with Crippen molar-refractivity contribution in [2.24, 2.45) is 0 Å². The van der Waals surface area contributed by atoms with Crippen LogP contribution < -0.4 is 10.1 Å². The summed E-state index contributed by atoms with van der Waals surface area (Å²) in [6.45, 7) is 1.81. The largest absolute Gasteiger partial charge is 0.489 e. The van der Waals surface area contributed by atoms with Gasteiger partial charge in [-0.3, -0.25) is 0 Å². The lowest BCUT2D eigenvalue weighted by atomic mass is 10.2. The standard InChI is InChI=1S/C24H22Cl3N5OS/c25-19-9-10-23(33-16-17-7-8-20(26)14-22(17)27)18(13-19)15-28-11-4-12-34-24-29-30-31-32(24)21-5-2-1-3-6-21/h1-3,5-10,13-14,28H,4,11-12,15-16H2. The van der Waals surface area contributed by atoms with Crippen molar-refractivity contribution < 1.29 is 4.74 Å². The van der Waals surface area contributed by atoms with Crippen molar-refractivity contribution in [2.75, 3.05) is 12.3 Å². The van der Waals surface area contributed by atoms with Crippen molar-refractivity contribution in [3.63, 3.8) is 0 Å². The smallest absolute Gasteiger partial charge is 0.214 e. The molecule has 4 rings (SSSR count). The van der Waals surface area contributed by atoms with E-state index < -0.39 is 0 Å². The van der Waals surface area contributed by atoms with Crippen molar-refractivity contribution in [1.29, 1.82) is 0 Å². The number of nitrogens with one attached hydrogen (secondary N) is 1. The lowest BCUT2D eigenvalue weighted by molar-refractivity contribution is 0.302. The molecule has 6 nitrogen and oxygen atoms in total. The number of halogens is 3. The molecule has 0 saturated carbocycles. The number of para-hydroxylation sites is 1. The lowest BCUT2D eigenvalue weighted by Gasteiger charge is -2.14. The lowest BCUT2D eigenvalue weighted by Crippen LogP contribution is -2.16. The van der Waals surface area contributed by atoms with Gasteiger partial charge in [0.1, 0.15) is 12.4 Å².